The molecule has 3 nitrogen and oxygen atoms in total. The van der Waals surface area contributed by atoms with Crippen LogP contribution in [0.5, 0.6) is 0 Å². The summed E-state index contributed by atoms with van der Waals surface area (Å²) < 4.78 is 24.3. The molecule has 2 N–H and O–H groups in total. The van der Waals surface area contributed by atoms with Crippen molar-refractivity contribution in [3.05, 3.63) is 35.6 Å². The molecule has 4 heteroatoms. The molecule has 1 saturated heterocycles. The van der Waals surface area contributed by atoms with E-state index in [2.05, 4.69) is 0 Å². The Balaban J connectivity index is 2.04. The second-order valence-electron chi connectivity index (χ2n) is 3.49. The Hall–Kier alpha value is -0.970. The van der Waals surface area contributed by atoms with Gasteiger partial charge < -0.3 is 15.2 Å². The Bertz CT molecular complexity index is 332. The second kappa shape index (κ2) is 4.70. The third kappa shape index (κ3) is 2.34. The summed E-state index contributed by atoms with van der Waals surface area (Å²) in [7, 11) is 0. The van der Waals surface area contributed by atoms with Gasteiger partial charge in [0.1, 0.15) is 11.9 Å². The number of ether oxygens (including phenoxy) is 2. The summed E-state index contributed by atoms with van der Waals surface area (Å²) in [4.78, 5) is 0. The fourth-order valence-corrected chi connectivity index (χ4v) is 1.64. The molecule has 2 rings (SSSR count). The van der Waals surface area contributed by atoms with Gasteiger partial charge in [-0.15, -0.1) is 0 Å². The lowest BCUT2D eigenvalue weighted by molar-refractivity contribution is -0.0610. The zero-order valence-corrected chi connectivity index (χ0v) is 8.36. The fourth-order valence-electron chi connectivity index (χ4n) is 1.64. The van der Waals surface area contributed by atoms with Gasteiger partial charge in [-0.2, -0.15) is 0 Å². The first-order valence-electron chi connectivity index (χ1n) is 5.03. The van der Waals surface area contributed by atoms with Gasteiger partial charge in [-0.1, -0.05) is 18.2 Å². The molecule has 0 aliphatic carbocycles. The SMILES string of the molecule is NCCC1OCC(c2ccccc2F)O1. The number of hydrogen-bond acceptors (Lipinski definition) is 3. The van der Waals surface area contributed by atoms with E-state index in [1.54, 1.807) is 18.2 Å². The normalized spacial score (nSPS) is 25.7. The summed E-state index contributed by atoms with van der Waals surface area (Å²) in [6.45, 7) is 0.903. The summed E-state index contributed by atoms with van der Waals surface area (Å²) in [5.41, 5.74) is 5.94. The Morgan fingerprint density at radius 3 is 2.93 bits per heavy atom. The highest BCUT2D eigenvalue weighted by Crippen LogP contribution is 2.28. The van der Waals surface area contributed by atoms with Crippen LogP contribution in [-0.4, -0.2) is 19.4 Å². The molecule has 0 spiro atoms. The molecule has 0 aromatic heterocycles. The van der Waals surface area contributed by atoms with Crippen molar-refractivity contribution >= 4 is 0 Å². The number of nitrogens with two attached hydrogens (primary N) is 1. The van der Waals surface area contributed by atoms with Crippen LogP contribution in [0.15, 0.2) is 24.3 Å². The van der Waals surface area contributed by atoms with Crippen molar-refractivity contribution in [1.29, 1.82) is 0 Å². The Labute approximate surface area is 88.0 Å². The smallest absolute Gasteiger partial charge is 0.159 e. The summed E-state index contributed by atoms with van der Waals surface area (Å²) >= 11 is 0. The van der Waals surface area contributed by atoms with Crippen LogP contribution >= 0.6 is 0 Å². The highest BCUT2D eigenvalue weighted by Gasteiger charge is 2.28. The number of halogens is 1. The molecular formula is C11H14FNO2. The molecule has 1 aliphatic heterocycles. The van der Waals surface area contributed by atoms with Crippen LogP contribution < -0.4 is 5.73 Å². The van der Waals surface area contributed by atoms with E-state index in [4.69, 9.17) is 15.2 Å². The van der Waals surface area contributed by atoms with Gasteiger partial charge in [0.25, 0.3) is 0 Å². The van der Waals surface area contributed by atoms with E-state index in [1.807, 2.05) is 0 Å². The molecule has 1 aliphatic rings. The summed E-state index contributed by atoms with van der Waals surface area (Å²) in [5, 5.41) is 0. The van der Waals surface area contributed by atoms with E-state index >= 15 is 0 Å². The highest BCUT2D eigenvalue weighted by molar-refractivity contribution is 5.20. The minimum Gasteiger partial charge on any atom is -0.350 e. The van der Waals surface area contributed by atoms with Crippen LogP contribution in [0.4, 0.5) is 4.39 Å². The lowest BCUT2D eigenvalue weighted by Gasteiger charge is -2.11. The fraction of sp³-hybridized carbons (Fsp3) is 0.455. The molecule has 0 saturated carbocycles. The maximum atomic E-state index is 13.4. The van der Waals surface area contributed by atoms with Crippen molar-refractivity contribution in [2.24, 2.45) is 5.73 Å². The van der Waals surface area contributed by atoms with Crippen molar-refractivity contribution in [1.82, 2.24) is 0 Å². The van der Waals surface area contributed by atoms with Gasteiger partial charge in [-0.3, -0.25) is 0 Å². The molecule has 0 amide bonds. The monoisotopic (exact) mass is 211 g/mol. The first kappa shape index (κ1) is 10.5. The largest absolute Gasteiger partial charge is 0.350 e. The van der Waals surface area contributed by atoms with Gasteiger partial charge in [-0.05, 0) is 12.6 Å². The van der Waals surface area contributed by atoms with Gasteiger partial charge in [0.2, 0.25) is 0 Å². The molecule has 82 valence electrons. The molecule has 15 heavy (non-hydrogen) atoms. The van der Waals surface area contributed by atoms with E-state index in [0.29, 0.717) is 25.1 Å². The molecule has 2 unspecified atom stereocenters. The standard InChI is InChI=1S/C11H14FNO2/c12-9-4-2-1-3-8(9)10-7-14-11(15-10)5-6-13/h1-4,10-11H,5-7,13H2. The highest BCUT2D eigenvalue weighted by atomic mass is 19.1. The molecule has 1 aromatic carbocycles. The minimum atomic E-state index is -0.303. The predicted octanol–water partition coefficient (Wildman–Crippen LogP) is 1.59. The molecule has 0 radical (unpaired) electrons. The summed E-state index contributed by atoms with van der Waals surface area (Å²) in [6.07, 6.45) is 0.0488. The number of rotatable bonds is 3. The van der Waals surface area contributed by atoms with Gasteiger partial charge in [0, 0.05) is 12.0 Å². The molecule has 0 bridgehead atoms. The summed E-state index contributed by atoms with van der Waals surface area (Å²) in [5.74, 6) is -0.250. The lowest BCUT2D eigenvalue weighted by Crippen LogP contribution is -2.14. The average Bonchev–Trinajstić information content (AvgIpc) is 2.68. The van der Waals surface area contributed by atoms with Crippen LogP contribution in [0, 0.1) is 5.82 Å². The zero-order chi connectivity index (χ0) is 10.7. The first-order valence-corrected chi connectivity index (χ1v) is 5.03. The second-order valence-corrected chi connectivity index (χ2v) is 3.49. The quantitative estimate of drug-likeness (QED) is 0.825. The first-order chi connectivity index (χ1) is 7.31. The molecule has 2 atom stereocenters. The Kier molecular flexibility index (Phi) is 3.30. The van der Waals surface area contributed by atoms with Crippen LogP contribution in [0.1, 0.15) is 18.1 Å². The van der Waals surface area contributed by atoms with Gasteiger partial charge in [0.05, 0.1) is 6.61 Å². The maximum Gasteiger partial charge on any atom is 0.159 e. The van der Waals surface area contributed by atoms with Crippen molar-refractivity contribution in [3.8, 4) is 0 Å². The van der Waals surface area contributed by atoms with Crippen LogP contribution in [0.25, 0.3) is 0 Å². The van der Waals surface area contributed by atoms with Crippen LogP contribution in [-0.2, 0) is 9.47 Å². The zero-order valence-electron chi connectivity index (χ0n) is 8.36. The van der Waals surface area contributed by atoms with Crippen molar-refractivity contribution in [2.45, 2.75) is 18.8 Å². The van der Waals surface area contributed by atoms with Crippen molar-refractivity contribution < 1.29 is 13.9 Å². The van der Waals surface area contributed by atoms with Crippen molar-refractivity contribution in [2.75, 3.05) is 13.2 Å². The minimum absolute atomic E-state index is 0.250. The van der Waals surface area contributed by atoms with Crippen LogP contribution in [0.2, 0.25) is 0 Å². The molecule has 1 heterocycles. The van der Waals surface area contributed by atoms with Gasteiger partial charge >= 0.3 is 0 Å². The Morgan fingerprint density at radius 2 is 2.20 bits per heavy atom. The van der Waals surface area contributed by atoms with E-state index < -0.39 is 0 Å². The average molecular weight is 211 g/mol. The number of benzene rings is 1. The van der Waals surface area contributed by atoms with Crippen molar-refractivity contribution in [3.63, 3.8) is 0 Å². The third-order valence-corrected chi connectivity index (χ3v) is 2.40. The van der Waals surface area contributed by atoms with E-state index in [9.17, 15) is 4.39 Å². The third-order valence-electron chi connectivity index (χ3n) is 2.40. The number of hydrogen-bond donors (Lipinski definition) is 1. The summed E-state index contributed by atoms with van der Waals surface area (Å²) in [6, 6.07) is 6.59. The topological polar surface area (TPSA) is 44.5 Å². The Morgan fingerprint density at radius 1 is 1.40 bits per heavy atom. The molecular weight excluding hydrogens is 197 g/mol. The van der Waals surface area contributed by atoms with E-state index in [0.717, 1.165) is 0 Å². The van der Waals surface area contributed by atoms with Gasteiger partial charge in [0.15, 0.2) is 6.29 Å². The maximum absolute atomic E-state index is 13.4. The predicted molar refractivity (Wildman–Crippen MR) is 53.6 cm³/mol. The lowest BCUT2D eigenvalue weighted by atomic mass is 10.1. The molecule has 1 aromatic rings. The molecule has 1 fully saturated rings. The van der Waals surface area contributed by atoms with E-state index in [1.165, 1.54) is 6.07 Å². The van der Waals surface area contributed by atoms with Gasteiger partial charge in [-0.25, -0.2) is 4.39 Å². The van der Waals surface area contributed by atoms with Crippen LogP contribution in [0.3, 0.4) is 0 Å². The van der Waals surface area contributed by atoms with E-state index in [-0.39, 0.29) is 18.2 Å².